The van der Waals surface area contributed by atoms with Gasteiger partial charge in [-0.15, -0.1) is 0 Å². The van der Waals surface area contributed by atoms with E-state index in [1.165, 1.54) is 0 Å². The van der Waals surface area contributed by atoms with Crippen LogP contribution in [0.15, 0.2) is 42.5 Å². The molecular weight excluding hydrogens is 280 g/mol. The molecule has 0 saturated heterocycles. The molecule has 0 aliphatic rings. The van der Waals surface area contributed by atoms with E-state index in [1.807, 2.05) is 56.3 Å². The fraction of sp³-hybridized carbons (Fsp3) is 0.294. The average Bonchev–Trinajstić information content (AvgIpc) is 2.44. The monoisotopic (exact) mass is 300 g/mol. The molecule has 3 N–H and O–H groups in total. The maximum Gasteiger partial charge on any atom is 0.225 e. The molecule has 1 atom stereocenters. The van der Waals surface area contributed by atoms with Crippen molar-refractivity contribution in [1.82, 2.24) is 5.32 Å². The number of amides is 1. The lowest BCUT2D eigenvalue weighted by molar-refractivity contribution is -0.120. The SMILES string of the molecule is CC(C)C(NC(=O)Cc1cccc2ccccc12)C(N)=S. The maximum atomic E-state index is 12.2. The summed E-state index contributed by atoms with van der Waals surface area (Å²) in [5.41, 5.74) is 6.70. The number of rotatable bonds is 5. The molecule has 0 spiro atoms. The zero-order valence-corrected chi connectivity index (χ0v) is 13.1. The summed E-state index contributed by atoms with van der Waals surface area (Å²) in [6, 6.07) is 13.8. The van der Waals surface area contributed by atoms with Gasteiger partial charge in [-0.1, -0.05) is 68.5 Å². The van der Waals surface area contributed by atoms with Crippen LogP contribution in [-0.2, 0) is 11.2 Å². The van der Waals surface area contributed by atoms with E-state index in [9.17, 15) is 4.79 Å². The Morgan fingerprint density at radius 2 is 1.86 bits per heavy atom. The minimum atomic E-state index is -0.262. The minimum Gasteiger partial charge on any atom is -0.392 e. The van der Waals surface area contributed by atoms with Gasteiger partial charge in [0.25, 0.3) is 0 Å². The number of carbonyl (C=O) groups is 1. The molecule has 2 aromatic rings. The molecule has 0 radical (unpaired) electrons. The highest BCUT2D eigenvalue weighted by Crippen LogP contribution is 2.19. The summed E-state index contributed by atoms with van der Waals surface area (Å²) in [5, 5.41) is 5.16. The fourth-order valence-corrected chi connectivity index (χ4v) is 2.74. The van der Waals surface area contributed by atoms with Crippen LogP contribution in [0.5, 0.6) is 0 Å². The topological polar surface area (TPSA) is 55.1 Å². The van der Waals surface area contributed by atoms with Crippen molar-refractivity contribution in [3.05, 3.63) is 48.0 Å². The molecule has 0 aliphatic heterocycles. The smallest absolute Gasteiger partial charge is 0.225 e. The molecule has 0 fully saturated rings. The Morgan fingerprint density at radius 1 is 1.19 bits per heavy atom. The first-order valence-electron chi connectivity index (χ1n) is 7.04. The van der Waals surface area contributed by atoms with Crippen molar-refractivity contribution < 1.29 is 4.79 Å². The van der Waals surface area contributed by atoms with Gasteiger partial charge < -0.3 is 11.1 Å². The van der Waals surface area contributed by atoms with E-state index in [1.54, 1.807) is 0 Å². The van der Waals surface area contributed by atoms with Crippen LogP contribution >= 0.6 is 12.2 Å². The van der Waals surface area contributed by atoms with E-state index in [-0.39, 0.29) is 17.9 Å². The van der Waals surface area contributed by atoms with Crippen molar-refractivity contribution in [2.24, 2.45) is 11.7 Å². The van der Waals surface area contributed by atoms with E-state index >= 15 is 0 Å². The van der Waals surface area contributed by atoms with Gasteiger partial charge in [-0.2, -0.15) is 0 Å². The van der Waals surface area contributed by atoms with Crippen molar-refractivity contribution in [1.29, 1.82) is 0 Å². The number of hydrogen-bond donors (Lipinski definition) is 2. The van der Waals surface area contributed by atoms with Crippen molar-refractivity contribution in [3.63, 3.8) is 0 Å². The first kappa shape index (κ1) is 15.4. The first-order chi connectivity index (χ1) is 9.99. The largest absolute Gasteiger partial charge is 0.392 e. The molecule has 4 heteroatoms. The summed E-state index contributed by atoms with van der Waals surface area (Å²) in [4.78, 5) is 12.6. The molecule has 2 aromatic carbocycles. The molecule has 0 bridgehead atoms. The Bertz CT molecular complexity index is 661. The van der Waals surface area contributed by atoms with Crippen LogP contribution in [-0.4, -0.2) is 16.9 Å². The number of nitrogens with one attached hydrogen (secondary N) is 1. The second-order valence-electron chi connectivity index (χ2n) is 5.51. The molecule has 2 rings (SSSR count). The Labute approximate surface area is 130 Å². The molecule has 21 heavy (non-hydrogen) atoms. The average molecular weight is 300 g/mol. The molecule has 0 aromatic heterocycles. The van der Waals surface area contributed by atoms with Crippen molar-refractivity contribution in [2.45, 2.75) is 26.3 Å². The van der Waals surface area contributed by atoms with Gasteiger partial charge in [0.15, 0.2) is 0 Å². The Kier molecular flexibility index (Phi) is 4.91. The summed E-state index contributed by atoms with van der Waals surface area (Å²) >= 11 is 5.02. The Hall–Kier alpha value is -1.94. The summed E-state index contributed by atoms with van der Waals surface area (Å²) in [5.74, 6) is 0.122. The second-order valence-corrected chi connectivity index (χ2v) is 5.98. The zero-order valence-electron chi connectivity index (χ0n) is 12.3. The van der Waals surface area contributed by atoms with Crippen molar-refractivity contribution >= 4 is 33.9 Å². The molecule has 0 aliphatic carbocycles. The van der Waals surface area contributed by atoms with E-state index in [0.29, 0.717) is 11.4 Å². The van der Waals surface area contributed by atoms with Crippen LogP contribution in [0, 0.1) is 5.92 Å². The van der Waals surface area contributed by atoms with Crippen LogP contribution in [0.25, 0.3) is 10.8 Å². The molecule has 1 unspecified atom stereocenters. The van der Waals surface area contributed by atoms with Gasteiger partial charge in [-0.25, -0.2) is 0 Å². The van der Waals surface area contributed by atoms with Gasteiger partial charge in [0.2, 0.25) is 5.91 Å². The number of fused-ring (bicyclic) bond motifs is 1. The van der Waals surface area contributed by atoms with Crippen LogP contribution in [0.2, 0.25) is 0 Å². The number of carbonyl (C=O) groups excluding carboxylic acids is 1. The van der Waals surface area contributed by atoms with Gasteiger partial charge >= 0.3 is 0 Å². The third-order valence-corrected chi connectivity index (χ3v) is 3.77. The van der Waals surface area contributed by atoms with Crippen molar-refractivity contribution in [3.8, 4) is 0 Å². The zero-order chi connectivity index (χ0) is 15.4. The van der Waals surface area contributed by atoms with E-state index in [4.69, 9.17) is 18.0 Å². The summed E-state index contributed by atoms with van der Waals surface area (Å²) in [6.45, 7) is 3.98. The summed E-state index contributed by atoms with van der Waals surface area (Å²) < 4.78 is 0. The standard InChI is InChI=1S/C17H20N2OS/c1-11(2)16(17(18)21)19-15(20)10-13-8-5-7-12-6-3-4-9-14(12)13/h3-9,11,16H,10H2,1-2H3,(H2,18,21)(H,19,20). The maximum absolute atomic E-state index is 12.2. The number of benzene rings is 2. The fourth-order valence-electron chi connectivity index (χ4n) is 2.41. The molecule has 3 nitrogen and oxygen atoms in total. The summed E-state index contributed by atoms with van der Waals surface area (Å²) in [6.07, 6.45) is 0.327. The third-order valence-electron chi connectivity index (χ3n) is 3.52. The van der Waals surface area contributed by atoms with E-state index < -0.39 is 0 Å². The van der Waals surface area contributed by atoms with Gasteiger partial charge in [-0.3, -0.25) is 4.79 Å². The highest BCUT2D eigenvalue weighted by molar-refractivity contribution is 7.80. The normalized spacial score (nSPS) is 12.3. The molecule has 1 amide bonds. The lowest BCUT2D eigenvalue weighted by Gasteiger charge is -2.21. The first-order valence-corrected chi connectivity index (χ1v) is 7.45. The van der Waals surface area contributed by atoms with Crippen LogP contribution in [0.1, 0.15) is 19.4 Å². The lowest BCUT2D eigenvalue weighted by atomic mass is 10.0. The van der Waals surface area contributed by atoms with Crippen LogP contribution in [0.4, 0.5) is 0 Å². The van der Waals surface area contributed by atoms with E-state index in [2.05, 4.69) is 5.32 Å². The van der Waals surface area contributed by atoms with Gasteiger partial charge in [0.1, 0.15) is 0 Å². The predicted octanol–water partition coefficient (Wildman–Crippen LogP) is 2.81. The van der Waals surface area contributed by atoms with Crippen LogP contribution < -0.4 is 11.1 Å². The third kappa shape index (κ3) is 3.79. The molecule has 0 saturated carbocycles. The van der Waals surface area contributed by atoms with E-state index in [0.717, 1.165) is 16.3 Å². The highest BCUT2D eigenvalue weighted by Gasteiger charge is 2.19. The highest BCUT2D eigenvalue weighted by atomic mass is 32.1. The summed E-state index contributed by atoms with van der Waals surface area (Å²) in [7, 11) is 0. The van der Waals surface area contributed by atoms with Gasteiger partial charge in [-0.05, 0) is 22.3 Å². The van der Waals surface area contributed by atoms with Gasteiger partial charge in [0.05, 0.1) is 17.5 Å². The van der Waals surface area contributed by atoms with Gasteiger partial charge in [0, 0.05) is 0 Å². The number of thiocarbonyl (C=S) groups is 1. The van der Waals surface area contributed by atoms with Crippen molar-refractivity contribution in [2.75, 3.05) is 0 Å². The molecular formula is C17H20N2OS. The molecule has 0 heterocycles. The predicted molar refractivity (Wildman–Crippen MR) is 91.2 cm³/mol. The quantitative estimate of drug-likeness (QED) is 0.835. The lowest BCUT2D eigenvalue weighted by Crippen LogP contribution is -2.47. The Morgan fingerprint density at radius 3 is 2.52 bits per heavy atom. The molecule has 110 valence electrons. The van der Waals surface area contributed by atoms with Crippen LogP contribution in [0.3, 0.4) is 0 Å². The Balaban J connectivity index is 2.17. The minimum absolute atomic E-state index is 0.0575. The second kappa shape index (κ2) is 6.68. The number of nitrogens with two attached hydrogens (primary N) is 1. The number of hydrogen-bond acceptors (Lipinski definition) is 2.